The zero-order valence-electron chi connectivity index (χ0n) is 11.9. The van der Waals surface area contributed by atoms with E-state index in [-0.39, 0.29) is 11.6 Å². The van der Waals surface area contributed by atoms with Crippen LogP contribution in [-0.4, -0.2) is 36.2 Å². The summed E-state index contributed by atoms with van der Waals surface area (Å²) < 4.78 is 13.2. The van der Waals surface area contributed by atoms with Gasteiger partial charge < -0.3 is 10.0 Å². The van der Waals surface area contributed by atoms with Crippen LogP contribution < -0.4 is 4.90 Å². The SMILES string of the molecule is Oc1ccc(F)cc1CN1CCN(c2ccccc2)CC1. The van der Waals surface area contributed by atoms with Crippen molar-refractivity contribution in [1.29, 1.82) is 0 Å². The van der Waals surface area contributed by atoms with Crippen molar-refractivity contribution in [2.24, 2.45) is 0 Å². The molecule has 1 aliphatic rings. The average Bonchev–Trinajstić information content (AvgIpc) is 2.53. The summed E-state index contributed by atoms with van der Waals surface area (Å²) >= 11 is 0. The summed E-state index contributed by atoms with van der Waals surface area (Å²) in [6, 6.07) is 14.5. The van der Waals surface area contributed by atoms with Gasteiger partial charge in [-0.25, -0.2) is 4.39 Å². The normalized spacial score (nSPS) is 16.1. The summed E-state index contributed by atoms with van der Waals surface area (Å²) in [6.45, 7) is 4.29. The Morgan fingerprint density at radius 1 is 0.952 bits per heavy atom. The van der Waals surface area contributed by atoms with Gasteiger partial charge in [0.25, 0.3) is 0 Å². The maximum Gasteiger partial charge on any atom is 0.123 e. The first-order valence-corrected chi connectivity index (χ1v) is 7.22. The number of nitrogens with zero attached hydrogens (tertiary/aromatic N) is 2. The largest absolute Gasteiger partial charge is 0.508 e. The van der Waals surface area contributed by atoms with E-state index in [1.54, 1.807) is 0 Å². The molecule has 3 nitrogen and oxygen atoms in total. The van der Waals surface area contributed by atoms with Gasteiger partial charge in [-0.2, -0.15) is 0 Å². The molecule has 0 atom stereocenters. The third-order valence-corrected chi connectivity index (χ3v) is 3.93. The van der Waals surface area contributed by atoms with Crippen molar-refractivity contribution in [2.75, 3.05) is 31.1 Å². The molecule has 21 heavy (non-hydrogen) atoms. The van der Waals surface area contributed by atoms with Gasteiger partial charge in [0.1, 0.15) is 11.6 Å². The van der Waals surface area contributed by atoms with E-state index in [1.165, 1.54) is 23.9 Å². The van der Waals surface area contributed by atoms with Crippen LogP contribution in [0.2, 0.25) is 0 Å². The first-order chi connectivity index (χ1) is 10.2. The van der Waals surface area contributed by atoms with E-state index in [0.717, 1.165) is 26.2 Å². The minimum Gasteiger partial charge on any atom is -0.508 e. The van der Waals surface area contributed by atoms with E-state index in [2.05, 4.69) is 21.9 Å². The maximum atomic E-state index is 13.2. The molecule has 0 unspecified atom stereocenters. The van der Waals surface area contributed by atoms with Crippen molar-refractivity contribution < 1.29 is 9.50 Å². The molecular weight excluding hydrogens is 267 g/mol. The number of rotatable bonds is 3. The van der Waals surface area contributed by atoms with Crippen molar-refractivity contribution >= 4 is 5.69 Å². The van der Waals surface area contributed by atoms with Crippen LogP contribution in [0.5, 0.6) is 5.75 Å². The molecule has 1 fully saturated rings. The second-order valence-corrected chi connectivity index (χ2v) is 5.37. The lowest BCUT2D eigenvalue weighted by atomic mass is 10.1. The number of aromatic hydroxyl groups is 1. The summed E-state index contributed by atoms with van der Waals surface area (Å²) in [6.07, 6.45) is 0. The number of hydrogen-bond donors (Lipinski definition) is 1. The Kier molecular flexibility index (Phi) is 4.06. The highest BCUT2D eigenvalue weighted by molar-refractivity contribution is 5.46. The minimum absolute atomic E-state index is 0.168. The topological polar surface area (TPSA) is 26.7 Å². The fourth-order valence-electron chi connectivity index (χ4n) is 2.72. The monoisotopic (exact) mass is 286 g/mol. The van der Waals surface area contributed by atoms with Gasteiger partial charge in [0, 0.05) is 44.0 Å². The van der Waals surface area contributed by atoms with Crippen LogP contribution in [0.1, 0.15) is 5.56 Å². The van der Waals surface area contributed by atoms with Crippen LogP contribution in [0, 0.1) is 5.82 Å². The van der Waals surface area contributed by atoms with Gasteiger partial charge >= 0.3 is 0 Å². The Balaban J connectivity index is 1.60. The van der Waals surface area contributed by atoms with E-state index in [9.17, 15) is 9.50 Å². The maximum absolute atomic E-state index is 13.2. The predicted molar refractivity (Wildman–Crippen MR) is 82.0 cm³/mol. The van der Waals surface area contributed by atoms with Gasteiger partial charge in [0.2, 0.25) is 0 Å². The Morgan fingerprint density at radius 3 is 2.38 bits per heavy atom. The standard InChI is InChI=1S/C17H19FN2O/c18-15-6-7-17(21)14(12-15)13-19-8-10-20(11-9-19)16-4-2-1-3-5-16/h1-7,12,21H,8-11,13H2. The lowest BCUT2D eigenvalue weighted by Gasteiger charge is -2.36. The molecule has 1 heterocycles. The van der Waals surface area contributed by atoms with Gasteiger partial charge in [-0.1, -0.05) is 18.2 Å². The van der Waals surface area contributed by atoms with Crippen molar-refractivity contribution in [3.63, 3.8) is 0 Å². The van der Waals surface area contributed by atoms with Crippen LogP contribution in [0.15, 0.2) is 48.5 Å². The molecule has 0 amide bonds. The van der Waals surface area contributed by atoms with Crippen molar-refractivity contribution in [3.8, 4) is 5.75 Å². The molecule has 110 valence electrons. The molecule has 0 aliphatic carbocycles. The van der Waals surface area contributed by atoms with Crippen LogP contribution in [0.4, 0.5) is 10.1 Å². The van der Waals surface area contributed by atoms with Crippen LogP contribution in [-0.2, 0) is 6.54 Å². The number of benzene rings is 2. The van der Waals surface area contributed by atoms with E-state index < -0.39 is 0 Å². The average molecular weight is 286 g/mol. The van der Waals surface area contributed by atoms with Gasteiger partial charge in [0.15, 0.2) is 0 Å². The first kappa shape index (κ1) is 13.9. The summed E-state index contributed by atoms with van der Waals surface area (Å²) in [5.41, 5.74) is 1.90. The Bertz CT molecular complexity index is 595. The minimum atomic E-state index is -0.300. The number of phenols is 1. The molecule has 0 spiro atoms. The zero-order valence-corrected chi connectivity index (χ0v) is 11.9. The van der Waals surface area contributed by atoms with Gasteiger partial charge in [0.05, 0.1) is 0 Å². The number of phenolic OH excluding ortho intramolecular Hbond substituents is 1. The zero-order chi connectivity index (χ0) is 14.7. The van der Waals surface area contributed by atoms with Crippen molar-refractivity contribution in [1.82, 2.24) is 4.90 Å². The summed E-state index contributed by atoms with van der Waals surface area (Å²) in [5.74, 6) is -0.132. The lowest BCUT2D eigenvalue weighted by Crippen LogP contribution is -2.45. The molecule has 1 aliphatic heterocycles. The van der Waals surface area contributed by atoms with Gasteiger partial charge in [-0.05, 0) is 30.3 Å². The molecule has 3 rings (SSSR count). The van der Waals surface area contributed by atoms with E-state index >= 15 is 0 Å². The highest BCUT2D eigenvalue weighted by atomic mass is 19.1. The molecule has 2 aromatic carbocycles. The molecular formula is C17H19FN2O. The van der Waals surface area contributed by atoms with Crippen molar-refractivity contribution in [2.45, 2.75) is 6.54 Å². The third-order valence-electron chi connectivity index (χ3n) is 3.93. The molecule has 1 saturated heterocycles. The smallest absolute Gasteiger partial charge is 0.123 e. The Hall–Kier alpha value is -2.07. The van der Waals surface area contributed by atoms with E-state index in [4.69, 9.17) is 0 Å². The second-order valence-electron chi connectivity index (χ2n) is 5.37. The first-order valence-electron chi connectivity index (χ1n) is 7.22. The summed E-state index contributed by atoms with van der Waals surface area (Å²) in [7, 11) is 0. The number of piperazine rings is 1. The lowest BCUT2D eigenvalue weighted by molar-refractivity contribution is 0.246. The number of halogens is 1. The highest BCUT2D eigenvalue weighted by Crippen LogP contribution is 2.21. The second kappa shape index (κ2) is 6.14. The summed E-state index contributed by atoms with van der Waals surface area (Å²) in [4.78, 5) is 4.59. The molecule has 0 radical (unpaired) electrons. The quantitative estimate of drug-likeness (QED) is 0.940. The number of hydrogen-bond acceptors (Lipinski definition) is 3. The van der Waals surface area contributed by atoms with Crippen molar-refractivity contribution in [3.05, 3.63) is 59.9 Å². The Labute approximate surface area is 124 Å². The van der Waals surface area contributed by atoms with E-state index in [0.29, 0.717) is 12.1 Å². The molecule has 0 bridgehead atoms. The van der Waals surface area contributed by atoms with Gasteiger partial charge in [-0.15, -0.1) is 0 Å². The highest BCUT2D eigenvalue weighted by Gasteiger charge is 2.18. The van der Waals surface area contributed by atoms with Crippen LogP contribution in [0.3, 0.4) is 0 Å². The van der Waals surface area contributed by atoms with Gasteiger partial charge in [-0.3, -0.25) is 4.90 Å². The number of anilines is 1. The predicted octanol–water partition coefficient (Wildman–Crippen LogP) is 2.85. The molecule has 0 saturated carbocycles. The molecule has 0 aromatic heterocycles. The molecule has 1 N–H and O–H groups in total. The third kappa shape index (κ3) is 3.34. The number of para-hydroxylation sites is 1. The fraction of sp³-hybridized carbons (Fsp3) is 0.294. The van der Waals surface area contributed by atoms with E-state index in [1.807, 2.05) is 18.2 Å². The van der Waals surface area contributed by atoms with Crippen LogP contribution in [0.25, 0.3) is 0 Å². The van der Waals surface area contributed by atoms with Crippen LogP contribution >= 0.6 is 0 Å². The Morgan fingerprint density at radius 2 is 1.67 bits per heavy atom. The fourth-order valence-corrected chi connectivity index (χ4v) is 2.72. The summed E-state index contributed by atoms with van der Waals surface area (Å²) in [5, 5.41) is 9.79. The molecule has 2 aromatic rings. The molecule has 4 heteroatoms.